The third-order valence-corrected chi connectivity index (χ3v) is 2.60. The molecular formula is C12H17BrN2O2. The molecule has 0 bridgehead atoms. The van der Waals surface area contributed by atoms with Crippen molar-refractivity contribution in [2.45, 2.75) is 26.0 Å². The molecule has 0 radical (unpaired) electrons. The molecule has 1 unspecified atom stereocenters. The van der Waals surface area contributed by atoms with Gasteiger partial charge in [-0.05, 0) is 32.0 Å². The molecule has 1 amide bonds. The van der Waals surface area contributed by atoms with E-state index in [1.165, 1.54) is 0 Å². The van der Waals surface area contributed by atoms with Crippen molar-refractivity contribution >= 4 is 21.8 Å². The van der Waals surface area contributed by atoms with E-state index in [4.69, 9.17) is 10.5 Å². The average Bonchev–Trinajstić information content (AvgIpc) is 2.25. The van der Waals surface area contributed by atoms with Crippen molar-refractivity contribution in [1.82, 2.24) is 5.32 Å². The van der Waals surface area contributed by atoms with Crippen molar-refractivity contribution in [1.29, 1.82) is 0 Å². The molecule has 94 valence electrons. The molecule has 1 aromatic rings. The lowest BCUT2D eigenvalue weighted by Gasteiger charge is -2.16. The molecule has 0 spiro atoms. The second-order valence-electron chi connectivity index (χ2n) is 3.92. The van der Waals surface area contributed by atoms with Gasteiger partial charge in [0.1, 0.15) is 11.9 Å². The molecule has 0 aliphatic carbocycles. The van der Waals surface area contributed by atoms with E-state index >= 15 is 0 Å². The predicted molar refractivity (Wildman–Crippen MR) is 70.9 cm³/mol. The number of halogens is 1. The van der Waals surface area contributed by atoms with Crippen LogP contribution in [0.3, 0.4) is 0 Å². The van der Waals surface area contributed by atoms with Crippen LogP contribution in [0.4, 0.5) is 0 Å². The van der Waals surface area contributed by atoms with Gasteiger partial charge in [-0.25, -0.2) is 0 Å². The third kappa shape index (κ3) is 5.19. The van der Waals surface area contributed by atoms with Gasteiger partial charge < -0.3 is 15.8 Å². The van der Waals surface area contributed by atoms with E-state index in [1.54, 1.807) is 6.92 Å². The number of amides is 1. The number of hydrogen-bond donors (Lipinski definition) is 2. The van der Waals surface area contributed by atoms with Crippen molar-refractivity contribution in [3.8, 4) is 5.75 Å². The summed E-state index contributed by atoms with van der Waals surface area (Å²) in [5.41, 5.74) is 5.44. The minimum absolute atomic E-state index is 0.105. The largest absolute Gasteiger partial charge is 0.489 e. The van der Waals surface area contributed by atoms with Gasteiger partial charge in [0, 0.05) is 4.47 Å². The standard InChI is InChI=1S/C12H17BrN2O2/c1-8(7-15-12(16)9(2)14)17-11-5-3-4-10(13)6-11/h3-6,8-9H,7,14H2,1-2H3,(H,15,16)/t8?,9-/m0/s1. The Bertz CT molecular complexity index is 383. The fraction of sp³-hybridized carbons (Fsp3) is 0.417. The molecule has 0 heterocycles. The van der Waals surface area contributed by atoms with Gasteiger partial charge in [0.25, 0.3) is 0 Å². The van der Waals surface area contributed by atoms with E-state index in [9.17, 15) is 4.79 Å². The van der Waals surface area contributed by atoms with E-state index < -0.39 is 6.04 Å². The molecule has 2 atom stereocenters. The molecule has 17 heavy (non-hydrogen) atoms. The zero-order chi connectivity index (χ0) is 12.8. The summed E-state index contributed by atoms with van der Waals surface area (Å²) in [5.74, 6) is 0.594. The highest BCUT2D eigenvalue weighted by Crippen LogP contribution is 2.18. The van der Waals surface area contributed by atoms with Crippen molar-refractivity contribution in [3.05, 3.63) is 28.7 Å². The zero-order valence-electron chi connectivity index (χ0n) is 9.94. The van der Waals surface area contributed by atoms with Crippen LogP contribution in [0.2, 0.25) is 0 Å². The molecule has 0 saturated carbocycles. The van der Waals surface area contributed by atoms with Crippen LogP contribution in [-0.2, 0) is 4.79 Å². The minimum atomic E-state index is -0.493. The Labute approximate surface area is 110 Å². The van der Waals surface area contributed by atoms with Gasteiger partial charge in [0.2, 0.25) is 5.91 Å². The molecule has 4 nitrogen and oxygen atoms in total. The smallest absolute Gasteiger partial charge is 0.236 e. The zero-order valence-corrected chi connectivity index (χ0v) is 11.5. The molecule has 3 N–H and O–H groups in total. The Kier molecular flexibility index (Phi) is 5.44. The van der Waals surface area contributed by atoms with Crippen molar-refractivity contribution < 1.29 is 9.53 Å². The first kappa shape index (κ1) is 14.0. The average molecular weight is 301 g/mol. The summed E-state index contributed by atoms with van der Waals surface area (Å²) in [4.78, 5) is 11.3. The van der Waals surface area contributed by atoms with E-state index in [-0.39, 0.29) is 12.0 Å². The van der Waals surface area contributed by atoms with Gasteiger partial charge in [0.05, 0.1) is 12.6 Å². The number of nitrogens with two attached hydrogens (primary N) is 1. The van der Waals surface area contributed by atoms with E-state index in [0.29, 0.717) is 6.54 Å². The highest BCUT2D eigenvalue weighted by atomic mass is 79.9. The number of carbonyl (C=O) groups is 1. The lowest BCUT2D eigenvalue weighted by Crippen LogP contribution is -2.42. The first-order valence-electron chi connectivity index (χ1n) is 5.44. The Morgan fingerprint density at radius 2 is 2.24 bits per heavy atom. The Hall–Kier alpha value is -1.07. The van der Waals surface area contributed by atoms with Crippen molar-refractivity contribution in [3.63, 3.8) is 0 Å². The number of benzene rings is 1. The summed E-state index contributed by atoms with van der Waals surface area (Å²) in [7, 11) is 0. The highest BCUT2D eigenvalue weighted by molar-refractivity contribution is 9.10. The summed E-state index contributed by atoms with van der Waals surface area (Å²) in [5, 5.41) is 2.72. The van der Waals surface area contributed by atoms with Gasteiger partial charge >= 0.3 is 0 Å². The normalized spacial score (nSPS) is 13.9. The van der Waals surface area contributed by atoms with Gasteiger partial charge in [-0.3, -0.25) is 4.79 Å². The van der Waals surface area contributed by atoms with E-state index in [1.807, 2.05) is 31.2 Å². The number of rotatable bonds is 5. The second kappa shape index (κ2) is 6.61. The summed E-state index contributed by atoms with van der Waals surface area (Å²) in [6, 6.07) is 7.08. The first-order valence-corrected chi connectivity index (χ1v) is 6.24. The van der Waals surface area contributed by atoms with Crippen LogP contribution in [0.25, 0.3) is 0 Å². The molecule has 1 rings (SSSR count). The minimum Gasteiger partial charge on any atom is -0.489 e. The molecule has 1 aromatic carbocycles. The quantitative estimate of drug-likeness (QED) is 0.869. The third-order valence-electron chi connectivity index (χ3n) is 2.11. The fourth-order valence-corrected chi connectivity index (χ4v) is 1.60. The van der Waals surface area contributed by atoms with Crippen LogP contribution in [0.5, 0.6) is 5.75 Å². The molecule has 0 saturated heterocycles. The number of ether oxygens (including phenoxy) is 1. The maximum atomic E-state index is 11.3. The Morgan fingerprint density at radius 3 is 2.82 bits per heavy atom. The van der Waals surface area contributed by atoms with E-state index in [0.717, 1.165) is 10.2 Å². The maximum absolute atomic E-state index is 11.3. The second-order valence-corrected chi connectivity index (χ2v) is 4.84. The van der Waals surface area contributed by atoms with Crippen LogP contribution in [0.1, 0.15) is 13.8 Å². The van der Waals surface area contributed by atoms with Crippen LogP contribution in [-0.4, -0.2) is 24.6 Å². The monoisotopic (exact) mass is 300 g/mol. The fourth-order valence-electron chi connectivity index (χ4n) is 1.22. The number of nitrogens with one attached hydrogen (secondary N) is 1. The molecule has 0 aliphatic heterocycles. The van der Waals surface area contributed by atoms with Crippen LogP contribution in [0, 0.1) is 0 Å². The van der Waals surface area contributed by atoms with Crippen molar-refractivity contribution in [2.24, 2.45) is 5.73 Å². The first-order chi connectivity index (χ1) is 7.99. The predicted octanol–water partition coefficient (Wildman–Crippen LogP) is 1.68. The molecule has 0 fully saturated rings. The molecule has 0 aliphatic rings. The molecular weight excluding hydrogens is 284 g/mol. The topological polar surface area (TPSA) is 64.4 Å². The SMILES string of the molecule is CC(CNC(=O)[C@H](C)N)Oc1cccc(Br)c1. The van der Waals surface area contributed by atoms with Gasteiger partial charge in [-0.1, -0.05) is 22.0 Å². The Morgan fingerprint density at radius 1 is 1.53 bits per heavy atom. The number of carbonyl (C=O) groups excluding carboxylic acids is 1. The highest BCUT2D eigenvalue weighted by Gasteiger charge is 2.09. The van der Waals surface area contributed by atoms with Crippen LogP contribution >= 0.6 is 15.9 Å². The van der Waals surface area contributed by atoms with Crippen LogP contribution < -0.4 is 15.8 Å². The molecule has 0 aromatic heterocycles. The Balaban J connectivity index is 2.39. The summed E-state index contributed by atoms with van der Waals surface area (Å²) >= 11 is 3.37. The maximum Gasteiger partial charge on any atom is 0.236 e. The van der Waals surface area contributed by atoms with Crippen molar-refractivity contribution in [2.75, 3.05) is 6.54 Å². The van der Waals surface area contributed by atoms with Crippen LogP contribution in [0.15, 0.2) is 28.7 Å². The van der Waals surface area contributed by atoms with Gasteiger partial charge in [0.15, 0.2) is 0 Å². The number of hydrogen-bond acceptors (Lipinski definition) is 3. The molecule has 5 heteroatoms. The van der Waals surface area contributed by atoms with E-state index in [2.05, 4.69) is 21.2 Å². The summed E-state index contributed by atoms with van der Waals surface area (Å²) < 4.78 is 6.60. The summed E-state index contributed by atoms with van der Waals surface area (Å²) in [6.07, 6.45) is -0.105. The van der Waals surface area contributed by atoms with Gasteiger partial charge in [-0.2, -0.15) is 0 Å². The van der Waals surface area contributed by atoms with Gasteiger partial charge in [-0.15, -0.1) is 0 Å². The lowest BCUT2D eigenvalue weighted by molar-refractivity contribution is -0.122. The summed E-state index contributed by atoms with van der Waals surface area (Å²) in [6.45, 7) is 3.98. The lowest BCUT2D eigenvalue weighted by atomic mass is 10.3.